The van der Waals surface area contributed by atoms with Crippen molar-refractivity contribution in [3.05, 3.63) is 89.0 Å². The van der Waals surface area contributed by atoms with Gasteiger partial charge in [0.05, 0.1) is 6.42 Å². The first-order valence-electron chi connectivity index (χ1n) is 9.11. The third-order valence-electron chi connectivity index (χ3n) is 4.39. The molecule has 0 saturated carbocycles. The molecule has 2 N–H and O–H groups in total. The molecular formula is C22H19F4N3O. The molecule has 0 bridgehead atoms. The number of nitrogens with zero attached hydrogens (tertiary/aromatic N) is 1. The van der Waals surface area contributed by atoms with Crippen molar-refractivity contribution in [1.29, 1.82) is 0 Å². The van der Waals surface area contributed by atoms with Gasteiger partial charge in [-0.2, -0.15) is 13.2 Å². The lowest BCUT2D eigenvalue weighted by atomic mass is 10.1. The van der Waals surface area contributed by atoms with Crippen LogP contribution in [0, 0.1) is 12.7 Å². The smallest absolute Gasteiger partial charge is 0.381 e. The van der Waals surface area contributed by atoms with E-state index < -0.39 is 11.9 Å². The van der Waals surface area contributed by atoms with Crippen LogP contribution < -0.4 is 10.6 Å². The number of anilines is 2. The summed E-state index contributed by atoms with van der Waals surface area (Å²) in [6.07, 6.45) is -3.15. The minimum absolute atomic E-state index is 0.126. The molecule has 1 amide bonds. The summed E-state index contributed by atoms with van der Waals surface area (Å²) in [6, 6.07) is 13.4. The highest BCUT2D eigenvalue weighted by Crippen LogP contribution is 2.27. The maximum absolute atomic E-state index is 12.9. The molecule has 1 heterocycles. The fraction of sp³-hybridized carbons (Fsp3) is 0.182. The molecule has 0 radical (unpaired) electrons. The van der Waals surface area contributed by atoms with E-state index in [9.17, 15) is 22.4 Å². The summed E-state index contributed by atoms with van der Waals surface area (Å²) >= 11 is 0. The average Bonchev–Trinajstić information content (AvgIpc) is 2.70. The lowest BCUT2D eigenvalue weighted by Crippen LogP contribution is -2.15. The van der Waals surface area contributed by atoms with E-state index in [0.717, 1.165) is 17.3 Å². The number of rotatable bonds is 6. The number of carbonyl (C=O) groups is 1. The molecule has 0 aliphatic carbocycles. The van der Waals surface area contributed by atoms with Crippen molar-refractivity contribution in [3.63, 3.8) is 0 Å². The minimum Gasteiger partial charge on any atom is -0.381 e. The van der Waals surface area contributed by atoms with Crippen molar-refractivity contribution < 1.29 is 22.4 Å². The fourth-order valence-corrected chi connectivity index (χ4v) is 2.80. The fourth-order valence-electron chi connectivity index (χ4n) is 2.80. The number of hydrogen-bond acceptors (Lipinski definition) is 3. The van der Waals surface area contributed by atoms with Crippen molar-refractivity contribution in [2.45, 2.75) is 26.1 Å². The molecule has 0 spiro atoms. The van der Waals surface area contributed by atoms with Crippen LogP contribution >= 0.6 is 0 Å². The number of aromatic nitrogens is 1. The van der Waals surface area contributed by atoms with Crippen LogP contribution in [0.25, 0.3) is 0 Å². The third-order valence-corrected chi connectivity index (χ3v) is 4.39. The summed E-state index contributed by atoms with van der Waals surface area (Å²) in [7, 11) is 0. The van der Waals surface area contributed by atoms with Crippen LogP contribution in [-0.4, -0.2) is 10.9 Å². The maximum Gasteiger partial charge on any atom is 0.433 e. The van der Waals surface area contributed by atoms with Crippen LogP contribution in [0.5, 0.6) is 0 Å². The number of carbonyl (C=O) groups excluding carboxylic acids is 1. The Balaban J connectivity index is 1.57. The zero-order chi connectivity index (χ0) is 21.7. The number of benzene rings is 2. The number of amides is 1. The third kappa shape index (κ3) is 5.79. The van der Waals surface area contributed by atoms with Crippen LogP contribution in [0.2, 0.25) is 0 Å². The van der Waals surface area contributed by atoms with E-state index in [-0.39, 0.29) is 18.1 Å². The highest BCUT2D eigenvalue weighted by atomic mass is 19.4. The van der Waals surface area contributed by atoms with Crippen LogP contribution in [0.3, 0.4) is 0 Å². The van der Waals surface area contributed by atoms with Gasteiger partial charge >= 0.3 is 6.18 Å². The molecular weight excluding hydrogens is 398 g/mol. The summed E-state index contributed by atoms with van der Waals surface area (Å²) in [5.41, 5.74) is 2.60. The largest absolute Gasteiger partial charge is 0.433 e. The second-order valence-electron chi connectivity index (χ2n) is 6.78. The Hall–Kier alpha value is -3.42. The maximum atomic E-state index is 12.9. The van der Waals surface area contributed by atoms with Crippen molar-refractivity contribution in [3.8, 4) is 0 Å². The molecule has 0 aliphatic heterocycles. The number of pyridine rings is 1. The molecule has 0 fully saturated rings. The second-order valence-corrected chi connectivity index (χ2v) is 6.78. The first-order valence-corrected chi connectivity index (χ1v) is 9.11. The Kier molecular flexibility index (Phi) is 6.34. The minimum atomic E-state index is -4.46. The summed E-state index contributed by atoms with van der Waals surface area (Å²) in [5.74, 6) is -0.577. The Morgan fingerprint density at radius 1 is 1.00 bits per heavy atom. The molecule has 3 aromatic rings. The zero-order valence-corrected chi connectivity index (χ0v) is 16.1. The second kappa shape index (κ2) is 8.94. The van der Waals surface area contributed by atoms with Gasteiger partial charge in [-0.15, -0.1) is 0 Å². The molecule has 0 atom stereocenters. The van der Waals surface area contributed by atoms with E-state index in [4.69, 9.17) is 0 Å². The molecule has 3 rings (SSSR count). The van der Waals surface area contributed by atoms with Gasteiger partial charge < -0.3 is 10.6 Å². The Bertz CT molecular complexity index is 1020. The van der Waals surface area contributed by atoms with Gasteiger partial charge in [-0.3, -0.25) is 9.78 Å². The highest BCUT2D eigenvalue weighted by Gasteiger charge is 2.31. The average molecular weight is 417 g/mol. The lowest BCUT2D eigenvalue weighted by molar-refractivity contribution is -0.141. The van der Waals surface area contributed by atoms with Crippen LogP contribution in [0.4, 0.5) is 28.9 Å². The highest BCUT2D eigenvalue weighted by molar-refractivity contribution is 5.93. The molecule has 8 heteroatoms. The Morgan fingerprint density at radius 2 is 1.70 bits per heavy atom. The molecule has 156 valence electrons. The van der Waals surface area contributed by atoms with Crippen LogP contribution in [0.1, 0.15) is 22.4 Å². The molecule has 4 nitrogen and oxygen atoms in total. The van der Waals surface area contributed by atoms with E-state index >= 15 is 0 Å². The van der Waals surface area contributed by atoms with Gasteiger partial charge in [0.25, 0.3) is 0 Å². The first kappa shape index (κ1) is 21.3. The van der Waals surface area contributed by atoms with Gasteiger partial charge in [0, 0.05) is 24.1 Å². The Labute approximate surface area is 171 Å². The van der Waals surface area contributed by atoms with Gasteiger partial charge in [-0.1, -0.05) is 18.2 Å². The number of hydrogen-bond donors (Lipinski definition) is 2. The van der Waals surface area contributed by atoms with Gasteiger partial charge in [-0.25, -0.2) is 4.39 Å². The first-order chi connectivity index (χ1) is 14.2. The van der Waals surface area contributed by atoms with Crippen LogP contribution in [0.15, 0.2) is 60.8 Å². The summed E-state index contributed by atoms with van der Waals surface area (Å²) in [6.45, 7) is 2.14. The standard InChI is InChI=1S/C22H19F4N3O/c1-14-10-18(27-12-16-4-9-20(28-13-16)22(24,25)26)7-8-19(14)29-21(30)11-15-2-5-17(23)6-3-15/h2-10,13,27H,11-12H2,1H3,(H,29,30). The summed E-state index contributed by atoms with van der Waals surface area (Å²) in [5, 5.41) is 5.93. The van der Waals surface area contributed by atoms with E-state index in [2.05, 4.69) is 15.6 Å². The SMILES string of the molecule is Cc1cc(NCc2ccc(C(F)(F)F)nc2)ccc1NC(=O)Cc1ccc(F)cc1. The van der Waals surface area contributed by atoms with E-state index in [1.165, 1.54) is 24.4 Å². The van der Waals surface area contributed by atoms with Gasteiger partial charge in [-0.05, 0) is 60.0 Å². The molecule has 1 aromatic heterocycles. The predicted octanol–water partition coefficient (Wildman–Crippen LogP) is 5.34. The van der Waals surface area contributed by atoms with Crippen molar-refractivity contribution in [2.75, 3.05) is 10.6 Å². The van der Waals surface area contributed by atoms with Crippen molar-refractivity contribution >= 4 is 17.3 Å². The monoisotopic (exact) mass is 417 g/mol. The lowest BCUT2D eigenvalue weighted by Gasteiger charge is -2.12. The van der Waals surface area contributed by atoms with E-state index in [0.29, 0.717) is 23.4 Å². The van der Waals surface area contributed by atoms with Gasteiger partial charge in [0.15, 0.2) is 0 Å². The number of halogens is 4. The molecule has 2 aromatic carbocycles. The molecule has 0 unspecified atom stereocenters. The van der Waals surface area contributed by atoms with Crippen molar-refractivity contribution in [1.82, 2.24) is 4.98 Å². The van der Waals surface area contributed by atoms with E-state index in [1.54, 1.807) is 24.3 Å². The van der Waals surface area contributed by atoms with Crippen LogP contribution in [-0.2, 0) is 23.9 Å². The number of nitrogens with one attached hydrogen (secondary N) is 2. The molecule has 0 saturated heterocycles. The topological polar surface area (TPSA) is 54.0 Å². The van der Waals surface area contributed by atoms with Crippen molar-refractivity contribution in [2.24, 2.45) is 0 Å². The zero-order valence-electron chi connectivity index (χ0n) is 16.1. The molecule has 0 aliphatic rings. The number of aryl methyl sites for hydroxylation is 1. The van der Waals surface area contributed by atoms with E-state index in [1.807, 2.05) is 13.0 Å². The molecule has 30 heavy (non-hydrogen) atoms. The number of alkyl halides is 3. The predicted molar refractivity (Wildman–Crippen MR) is 106 cm³/mol. The summed E-state index contributed by atoms with van der Waals surface area (Å²) < 4.78 is 50.6. The summed E-state index contributed by atoms with van der Waals surface area (Å²) in [4.78, 5) is 15.6. The normalized spacial score (nSPS) is 11.2. The quantitative estimate of drug-likeness (QED) is 0.533. The Morgan fingerprint density at radius 3 is 2.30 bits per heavy atom. The van der Waals surface area contributed by atoms with Gasteiger partial charge in [0.1, 0.15) is 11.5 Å². The van der Waals surface area contributed by atoms with Gasteiger partial charge in [0.2, 0.25) is 5.91 Å².